The van der Waals surface area contributed by atoms with Crippen LogP contribution in [-0.4, -0.2) is 34.9 Å². The molecule has 300 valence electrons. The molecule has 1 heterocycles. The first-order valence-electron chi connectivity index (χ1n) is 23.0. The maximum Gasteiger partial charge on any atom is 0.213 e. The molecule has 0 amide bonds. The minimum absolute atomic E-state index is 0.350. The van der Waals surface area contributed by atoms with E-state index in [0.717, 1.165) is 92.4 Å². The van der Waals surface area contributed by atoms with Gasteiger partial charge in [0.2, 0.25) is 5.88 Å². The second kappa shape index (κ2) is 14.9. The van der Waals surface area contributed by atoms with Gasteiger partial charge in [-0.3, -0.25) is 9.59 Å². The summed E-state index contributed by atoms with van der Waals surface area (Å²) >= 11 is 0. The molecule has 8 fully saturated rings. The summed E-state index contributed by atoms with van der Waals surface area (Å²) in [5, 5.41) is 9.72. The third-order valence-corrected chi connectivity index (χ3v) is 19.9. The maximum atomic E-state index is 12.1. The molecule has 8 aliphatic rings. The normalized spacial score (nSPS) is 47.7. The molecule has 16 atom stereocenters. The fourth-order valence-electron chi connectivity index (χ4n) is 16.9. The standard InChI is InChI=1S/C27H39NO2.C22H36O2/c1-18(17-30-25-6-4-5-15-28-25)22-9-10-23-21-8-7-19-16-20(29)11-13-26(19,2)24(21)12-14-27(22,23)3;1-14(13-23)18-6-7-19-17-5-4-15-12-16(24)8-10-21(15,2)20(17)9-11-22(18,19)3/h4-6,15,18-19,21-24H,7-14,16-17H2,1-3H3;14-15,17-20,23H,4-13H2,1-3H3/t18-,19+,21?,22-,23?,24?,26+,27-;14-,15+,17?,18-,19?,20?,21+,22-/m11/s1. The van der Waals surface area contributed by atoms with E-state index in [9.17, 15) is 14.7 Å². The minimum atomic E-state index is 0.350. The van der Waals surface area contributed by atoms with Crippen molar-refractivity contribution in [2.45, 2.75) is 157 Å². The summed E-state index contributed by atoms with van der Waals surface area (Å²) in [6.45, 7) is 16.0. The topological polar surface area (TPSA) is 76.5 Å². The van der Waals surface area contributed by atoms with Gasteiger partial charge >= 0.3 is 0 Å². The minimum Gasteiger partial charge on any atom is -0.477 e. The molecular formula is C49H75NO4. The number of aromatic nitrogens is 1. The van der Waals surface area contributed by atoms with Crippen LogP contribution in [0, 0.1) is 92.7 Å². The first kappa shape index (κ1) is 39.1. The summed E-state index contributed by atoms with van der Waals surface area (Å²) < 4.78 is 6.07. The lowest BCUT2D eigenvalue weighted by Gasteiger charge is -2.60. The maximum absolute atomic E-state index is 12.1. The number of ketones is 2. The second-order valence-corrected chi connectivity index (χ2v) is 21.9. The summed E-state index contributed by atoms with van der Waals surface area (Å²) in [6.07, 6.45) is 23.7. The lowest BCUT2D eigenvalue weighted by molar-refractivity contribution is -0.141. The largest absolute Gasteiger partial charge is 0.477 e. The lowest BCUT2D eigenvalue weighted by atomic mass is 9.44. The average Bonchev–Trinajstić information content (AvgIpc) is 3.71. The Balaban J connectivity index is 0.000000157. The van der Waals surface area contributed by atoms with E-state index in [1.807, 2.05) is 24.4 Å². The molecule has 0 saturated heterocycles. The molecule has 5 nitrogen and oxygen atoms in total. The van der Waals surface area contributed by atoms with Crippen LogP contribution in [0.25, 0.3) is 0 Å². The number of carbonyl (C=O) groups is 2. The number of hydrogen-bond acceptors (Lipinski definition) is 5. The van der Waals surface area contributed by atoms with Crippen LogP contribution in [0.5, 0.6) is 5.88 Å². The number of pyridine rings is 1. The Labute approximate surface area is 328 Å². The zero-order valence-corrected chi connectivity index (χ0v) is 35.0. The monoisotopic (exact) mass is 742 g/mol. The predicted molar refractivity (Wildman–Crippen MR) is 216 cm³/mol. The Morgan fingerprint density at radius 3 is 1.63 bits per heavy atom. The fourth-order valence-corrected chi connectivity index (χ4v) is 16.9. The Kier molecular flexibility index (Phi) is 10.8. The summed E-state index contributed by atoms with van der Waals surface area (Å²) in [7, 11) is 0. The summed E-state index contributed by atoms with van der Waals surface area (Å²) in [5.74, 6) is 10.8. The highest BCUT2D eigenvalue weighted by Crippen LogP contribution is 2.69. The number of hydrogen-bond donors (Lipinski definition) is 1. The zero-order chi connectivity index (χ0) is 38.0. The Morgan fingerprint density at radius 1 is 0.648 bits per heavy atom. The molecule has 5 heteroatoms. The van der Waals surface area contributed by atoms with Crippen molar-refractivity contribution < 1.29 is 19.4 Å². The van der Waals surface area contributed by atoms with Crippen molar-refractivity contribution in [1.82, 2.24) is 4.98 Å². The lowest BCUT2D eigenvalue weighted by Crippen LogP contribution is -2.54. The van der Waals surface area contributed by atoms with E-state index in [4.69, 9.17) is 4.74 Å². The van der Waals surface area contributed by atoms with Crippen LogP contribution in [0.2, 0.25) is 0 Å². The Bertz CT molecular complexity index is 1510. The van der Waals surface area contributed by atoms with E-state index in [1.54, 1.807) is 0 Å². The first-order chi connectivity index (χ1) is 25.8. The SMILES string of the molecule is C[C@H](CO)[C@H]1CCC2C3CC[C@H]4CC(=O)CC[C@]4(C)C3CC[C@@]21C.C[C@H](COc1ccccn1)[C@H]1CCC2C3CC[C@H]4CC(=O)CC[C@]4(C)C3CC[C@@]21C. The molecule has 0 spiro atoms. The van der Waals surface area contributed by atoms with E-state index in [1.165, 1.54) is 77.0 Å². The van der Waals surface area contributed by atoms with Crippen LogP contribution >= 0.6 is 0 Å². The van der Waals surface area contributed by atoms with Crippen molar-refractivity contribution in [3.63, 3.8) is 0 Å². The van der Waals surface area contributed by atoms with Crippen LogP contribution in [0.1, 0.15) is 157 Å². The molecule has 0 aromatic carbocycles. The highest BCUT2D eigenvalue weighted by atomic mass is 16.5. The van der Waals surface area contributed by atoms with Gasteiger partial charge in [0.1, 0.15) is 11.6 Å². The third kappa shape index (κ3) is 6.47. The molecular weight excluding hydrogens is 667 g/mol. The first-order valence-corrected chi connectivity index (χ1v) is 23.0. The van der Waals surface area contributed by atoms with Crippen molar-refractivity contribution in [3.05, 3.63) is 24.4 Å². The van der Waals surface area contributed by atoms with Gasteiger partial charge in [0.15, 0.2) is 0 Å². The number of fused-ring (bicyclic) bond motifs is 10. The van der Waals surface area contributed by atoms with Crippen molar-refractivity contribution in [2.24, 2.45) is 92.7 Å². The van der Waals surface area contributed by atoms with Crippen LogP contribution < -0.4 is 4.74 Å². The Hall–Kier alpha value is -1.75. The van der Waals surface area contributed by atoms with Crippen molar-refractivity contribution in [2.75, 3.05) is 13.2 Å². The molecule has 54 heavy (non-hydrogen) atoms. The number of carbonyl (C=O) groups excluding carboxylic acids is 2. The van der Waals surface area contributed by atoms with Gasteiger partial charge in [-0.2, -0.15) is 0 Å². The molecule has 8 saturated carbocycles. The fraction of sp³-hybridized carbons (Fsp3) is 0.857. The van der Waals surface area contributed by atoms with Gasteiger partial charge in [0.25, 0.3) is 0 Å². The Morgan fingerprint density at radius 2 is 1.15 bits per heavy atom. The molecule has 0 bridgehead atoms. The quantitative estimate of drug-likeness (QED) is 0.314. The van der Waals surface area contributed by atoms with Crippen molar-refractivity contribution >= 4 is 11.6 Å². The van der Waals surface area contributed by atoms with Gasteiger partial charge in [-0.25, -0.2) is 4.98 Å². The summed E-state index contributed by atoms with van der Waals surface area (Å²) in [5.41, 5.74) is 1.77. The molecule has 0 radical (unpaired) electrons. The van der Waals surface area contributed by atoms with Gasteiger partial charge in [0, 0.05) is 44.6 Å². The van der Waals surface area contributed by atoms with E-state index in [2.05, 4.69) is 46.5 Å². The molecule has 1 aromatic rings. The summed E-state index contributed by atoms with van der Waals surface area (Å²) in [4.78, 5) is 28.4. The second-order valence-electron chi connectivity index (χ2n) is 21.9. The van der Waals surface area contributed by atoms with Gasteiger partial charge in [0.05, 0.1) is 6.61 Å². The third-order valence-electron chi connectivity index (χ3n) is 19.9. The van der Waals surface area contributed by atoms with Crippen LogP contribution in [0.4, 0.5) is 0 Å². The van der Waals surface area contributed by atoms with Gasteiger partial charge < -0.3 is 9.84 Å². The predicted octanol–water partition coefficient (Wildman–Crippen LogP) is 11.2. The van der Waals surface area contributed by atoms with Crippen LogP contribution in [-0.2, 0) is 9.59 Å². The molecule has 1 aromatic heterocycles. The highest BCUT2D eigenvalue weighted by Gasteiger charge is 2.62. The number of ether oxygens (including phenoxy) is 1. The van der Waals surface area contributed by atoms with E-state index in [-0.39, 0.29) is 0 Å². The number of Topliss-reactive ketones (excluding diaryl/α,β-unsaturated/α-hetero) is 2. The molecule has 1 N–H and O–H groups in total. The number of aliphatic hydroxyl groups excluding tert-OH is 1. The van der Waals surface area contributed by atoms with Crippen molar-refractivity contribution in [1.29, 1.82) is 0 Å². The van der Waals surface area contributed by atoms with E-state index < -0.39 is 0 Å². The van der Waals surface area contributed by atoms with Crippen molar-refractivity contribution in [3.8, 4) is 5.88 Å². The molecule has 9 rings (SSSR count). The van der Waals surface area contributed by atoms with Crippen LogP contribution in [0.3, 0.4) is 0 Å². The number of aliphatic hydroxyl groups is 1. The average molecular weight is 742 g/mol. The van der Waals surface area contributed by atoms with E-state index in [0.29, 0.717) is 69.4 Å². The molecule has 0 aliphatic heterocycles. The number of nitrogens with zero attached hydrogens (tertiary/aromatic N) is 1. The smallest absolute Gasteiger partial charge is 0.213 e. The zero-order valence-electron chi connectivity index (χ0n) is 35.0. The summed E-state index contributed by atoms with van der Waals surface area (Å²) in [6, 6.07) is 5.90. The number of rotatable bonds is 6. The van der Waals surface area contributed by atoms with Gasteiger partial charge in [-0.05, 0) is 189 Å². The molecule has 6 unspecified atom stereocenters. The van der Waals surface area contributed by atoms with Gasteiger partial charge in [-0.15, -0.1) is 0 Å². The molecule has 8 aliphatic carbocycles. The van der Waals surface area contributed by atoms with Gasteiger partial charge in [-0.1, -0.05) is 47.6 Å². The van der Waals surface area contributed by atoms with Crippen LogP contribution in [0.15, 0.2) is 24.4 Å². The highest BCUT2D eigenvalue weighted by molar-refractivity contribution is 5.80. The van der Waals surface area contributed by atoms with E-state index >= 15 is 0 Å².